The summed E-state index contributed by atoms with van der Waals surface area (Å²) >= 11 is 0. The van der Waals surface area contributed by atoms with E-state index in [4.69, 9.17) is 14.0 Å². The van der Waals surface area contributed by atoms with E-state index in [9.17, 15) is 18.6 Å². The number of carbonyl (C=O) groups excluding carboxylic acids is 1. The minimum atomic E-state index is -4.39. The second kappa shape index (κ2) is 11.8. The maximum absolute atomic E-state index is 14.3. The van der Waals surface area contributed by atoms with Crippen molar-refractivity contribution in [2.24, 2.45) is 0 Å². The van der Waals surface area contributed by atoms with Crippen molar-refractivity contribution in [2.45, 2.75) is 19.9 Å². The van der Waals surface area contributed by atoms with Crippen LogP contribution in [0.5, 0.6) is 17.2 Å². The number of methoxy groups -OCH3 is 2. The largest absolute Gasteiger partial charge is 0.527 e. The molecule has 0 aliphatic heterocycles. The van der Waals surface area contributed by atoms with Crippen molar-refractivity contribution in [3.8, 4) is 17.2 Å². The fraction of sp³-hybridized carbons (Fsp3) is 0.214. The summed E-state index contributed by atoms with van der Waals surface area (Å²) in [5.74, 6) is -0.432. The zero-order valence-corrected chi connectivity index (χ0v) is 22.8. The Morgan fingerprint density at radius 3 is 2.44 bits per heavy atom. The predicted molar refractivity (Wildman–Crippen MR) is 145 cm³/mol. The number of carbonyl (C=O) groups is 1. The van der Waals surface area contributed by atoms with Gasteiger partial charge in [-0.1, -0.05) is 12.1 Å². The first-order valence-corrected chi connectivity index (χ1v) is 13.4. The highest BCUT2D eigenvalue weighted by Crippen LogP contribution is 2.51. The Morgan fingerprint density at radius 1 is 1.10 bits per heavy atom. The molecule has 0 saturated carbocycles. The van der Waals surface area contributed by atoms with E-state index in [1.165, 1.54) is 26.4 Å². The minimum Gasteiger partial charge on any atom is -0.493 e. The molecule has 0 bridgehead atoms. The number of phosphoric acid groups is 1. The van der Waals surface area contributed by atoms with Crippen LogP contribution in [0.3, 0.4) is 0 Å². The summed E-state index contributed by atoms with van der Waals surface area (Å²) in [7, 11) is -0.572. The van der Waals surface area contributed by atoms with Crippen molar-refractivity contribution in [1.82, 2.24) is 10.3 Å². The number of hydrogen-bond donors (Lipinski definition) is 2. The molecule has 1 aliphatic carbocycles. The van der Waals surface area contributed by atoms with Crippen LogP contribution in [0.1, 0.15) is 35.6 Å². The molecule has 9 nitrogen and oxygen atoms in total. The van der Waals surface area contributed by atoms with Gasteiger partial charge < -0.3 is 19.3 Å². The molecule has 0 fully saturated rings. The number of allylic oxidation sites excluding steroid dienone is 2. The molecular weight excluding hydrogens is 526 g/mol. The molecule has 3 aromatic rings. The third-order valence-electron chi connectivity index (χ3n) is 6.23. The molecule has 11 heteroatoms. The van der Waals surface area contributed by atoms with Gasteiger partial charge in [-0.05, 0) is 82.3 Å². The molecule has 1 amide bonds. The lowest BCUT2D eigenvalue weighted by Gasteiger charge is -2.17. The van der Waals surface area contributed by atoms with Crippen LogP contribution in [0.25, 0.3) is 17.2 Å². The van der Waals surface area contributed by atoms with E-state index in [0.29, 0.717) is 23.2 Å². The third kappa shape index (κ3) is 6.37. The number of amides is 1. The topological polar surface area (TPSA) is 116 Å². The van der Waals surface area contributed by atoms with Gasteiger partial charge in [0.1, 0.15) is 5.82 Å². The minimum absolute atomic E-state index is 0.0577. The number of fused-ring (bicyclic) bond motifs is 1. The van der Waals surface area contributed by atoms with Crippen LogP contribution in [-0.2, 0) is 20.4 Å². The summed E-state index contributed by atoms with van der Waals surface area (Å²) in [5, 5.41) is 2.89. The van der Waals surface area contributed by atoms with E-state index in [1.807, 2.05) is 19.1 Å². The fourth-order valence-corrected chi connectivity index (χ4v) is 4.79. The van der Waals surface area contributed by atoms with Gasteiger partial charge in [-0.2, -0.15) is 0 Å². The van der Waals surface area contributed by atoms with Crippen molar-refractivity contribution in [3.05, 3.63) is 88.5 Å². The summed E-state index contributed by atoms with van der Waals surface area (Å²) in [6, 6.07) is 11.3. The summed E-state index contributed by atoms with van der Waals surface area (Å²) in [4.78, 5) is 26.7. The summed E-state index contributed by atoms with van der Waals surface area (Å²) in [5.41, 5.74) is 5.19. The Hall–Kier alpha value is -3.98. The molecule has 1 atom stereocenters. The van der Waals surface area contributed by atoms with Gasteiger partial charge in [-0.3, -0.25) is 19.2 Å². The van der Waals surface area contributed by atoms with Crippen LogP contribution in [0, 0.1) is 5.82 Å². The van der Waals surface area contributed by atoms with Gasteiger partial charge >= 0.3 is 7.82 Å². The first-order valence-electron chi connectivity index (χ1n) is 11.9. The van der Waals surface area contributed by atoms with Crippen molar-refractivity contribution in [1.29, 1.82) is 0 Å². The number of phosphoric ester groups is 1. The Labute approximate surface area is 225 Å². The fourth-order valence-electron chi connectivity index (χ4n) is 4.30. The van der Waals surface area contributed by atoms with Crippen molar-refractivity contribution < 1.29 is 37.2 Å². The maximum atomic E-state index is 14.3. The summed E-state index contributed by atoms with van der Waals surface area (Å²) in [6.45, 7) is 2.20. The van der Waals surface area contributed by atoms with Crippen LogP contribution in [-0.4, -0.2) is 37.1 Å². The van der Waals surface area contributed by atoms with Crippen molar-refractivity contribution in [3.63, 3.8) is 0 Å². The molecule has 39 heavy (non-hydrogen) atoms. The van der Waals surface area contributed by atoms with Crippen molar-refractivity contribution in [2.75, 3.05) is 21.3 Å². The Balaban J connectivity index is 1.70. The van der Waals surface area contributed by atoms with E-state index in [0.717, 1.165) is 29.4 Å². The molecule has 0 spiro atoms. The first-order chi connectivity index (χ1) is 18.7. The van der Waals surface area contributed by atoms with Crippen LogP contribution in [0.2, 0.25) is 0 Å². The molecule has 2 N–H and O–H groups in total. The van der Waals surface area contributed by atoms with Crippen LogP contribution in [0.4, 0.5) is 4.39 Å². The molecule has 1 aliphatic rings. The monoisotopic (exact) mass is 554 g/mol. The van der Waals surface area contributed by atoms with E-state index >= 15 is 0 Å². The van der Waals surface area contributed by atoms with E-state index in [2.05, 4.69) is 14.8 Å². The smallest absolute Gasteiger partial charge is 0.493 e. The zero-order valence-electron chi connectivity index (χ0n) is 21.9. The second-order valence-corrected chi connectivity index (χ2v) is 10.1. The average molecular weight is 555 g/mol. The van der Waals surface area contributed by atoms with Gasteiger partial charge in [0.2, 0.25) is 11.7 Å². The number of rotatable bonds is 10. The number of nitrogens with zero attached hydrogens (tertiary/aromatic N) is 1. The van der Waals surface area contributed by atoms with E-state index in [1.54, 1.807) is 36.7 Å². The standard InChI is InChI=1S/C28H28FN2O7P/c1-17-22(10-19-11-25(35-2)28(26(12-19)36-3)38-39(33,34)37-4)21-8-7-20(29)13-24(21)23(17)14-27(32)31-16-18-6-5-9-30-15-18/h5-13,15H,14,16H2,1-4H3,(H,31,32)(H,33,34)/b22-10-. The van der Waals surface area contributed by atoms with E-state index < -0.39 is 13.6 Å². The SMILES string of the molecule is COc1cc(/C=C2/C(C)=C(CC(=O)NCc3cccnc3)c3cc(F)ccc32)cc(OC)c1OP(=O)(O)OC. The molecular formula is C28H28FN2O7P. The van der Waals surface area contributed by atoms with Crippen molar-refractivity contribution >= 4 is 31.0 Å². The molecule has 1 aromatic heterocycles. The number of hydrogen-bond acceptors (Lipinski definition) is 7. The predicted octanol–water partition coefficient (Wildman–Crippen LogP) is 5.40. The molecule has 4 rings (SSSR count). The number of benzene rings is 2. The molecule has 0 radical (unpaired) electrons. The number of pyridine rings is 1. The lowest BCUT2D eigenvalue weighted by molar-refractivity contribution is -0.120. The van der Waals surface area contributed by atoms with Gasteiger partial charge in [0.15, 0.2) is 11.5 Å². The van der Waals surface area contributed by atoms with Crippen LogP contribution >= 0.6 is 7.82 Å². The van der Waals surface area contributed by atoms with Crippen LogP contribution in [0.15, 0.2) is 60.4 Å². The lowest BCUT2D eigenvalue weighted by Crippen LogP contribution is -2.22. The molecule has 204 valence electrons. The lowest BCUT2D eigenvalue weighted by atomic mass is 10.00. The van der Waals surface area contributed by atoms with Gasteiger partial charge in [-0.25, -0.2) is 8.96 Å². The Bertz CT molecular complexity index is 1480. The summed E-state index contributed by atoms with van der Waals surface area (Å²) < 4.78 is 46.8. The quantitative estimate of drug-likeness (QED) is 0.320. The highest BCUT2D eigenvalue weighted by Gasteiger charge is 2.28. The molecule has 0 saturated heterocycles. The number of ether oxygens (including phenoxy) is 2. The normalized spacial score (nSPS) is 15.1. The number of aromatic nitrogens is 1. The number of halogens is 1. The molecule has 2 aromatic carbocycles. The Morgan fingerprint density at radius 2 is 1.82 bits per heavy atom. The Kier molecular flexibility index (Phi) is 8.50. The zero-order chi connectivity index (χ0) is 28.2. The molecule has 1 unspecified atom stereocenters. The second-order valence-electron chi connectivity index (χ2n) is 8.66. The first kappa shape index (κ1) is 28.0. The average Bonchev–Trinajstić information content (AvgIpc) is 3.17. The summed E-state index contributed by atoms with van der Waals surface area (Å²) in [6.07, 6.45) is 5.24. The highest BCUT2D eigenvalue weighted by molar-refractivity contribution is 7.47. The third-order valence-corrected chi connectivity index (χ3v) is 7.11. The maximum Gasteiger partial charge on any atom is 0.527 e. The van der Waals surface area contributed by atoms with Gasteiger partial charge in [0.05, 0.1) is 20.6 Å². The molecule has 1 heterocycles. The van der Waals surface area contributed by atoms with Gasteiger partial charge in [-0.15, -0.1) is 0 Å². The van der Waals surface area contributed by atoms with Crippen LogP contribution < -0.4 is 19.3 Å². The highest BCUT2D eigenvalue weighted by atomic mass is 31.2. The van der Waals surface area contributed by atoms with Gasteiger partial charge in [0, 0.05) is 26.0 Å². The van der Waals surface area contributed by atoms with E-state index in [-0.39, 0.29) is 29.6 Å². The van der Waals surface area contributed by atoms with Gasteiger partial charge in [0.25, 0.3) is 0 Å². The number of nitrogens with one attached hydrogen (secondary N) is 1.